The molecule has 0 aliphatic heterocycles. The summed E-state index contributed by atoms with van der Waals surface area (Å²) in [5, 5.41) is 5.06. The predicted octanol–water partition coefficient (Wildman–Crippen LogP) is 18.1. The van der Waals surface area contributed by atoms with Crippen LogP contribution in [0.2, 0.25) is 0 Å². The maximum absolute atomic E-state index is 4.22. The fourth-order valence-electron chi connectivity index (χ4n) is 12.4. The summed E-state index contributed by atoms with van der Waals surface area (Å²) in [4.78, 5) is 0. The number of rotatable bonds is 6. The van der Waals surface area contributed by atoms with Crippen molar-refractivity contribution in [1.82, 2.24) is 0 Å². The Bertz CT molecular complexity index is 3610. The smallest absolute Gasteiger partial charge is 0.0159 e. The minimum absolute atomic E-state index is 0.0783. The predicted molar refractivity (Wildman–Crippen MR) is 283 cm³/mol. The molecule has 0 heteroatoms. The zero-order chi connectivity index (χ0) is 45.3. The zero-order valence-electron chi connectivity index (χ0n) is 39.1. The highest BCUT2D eigenvalue weighted by atomic mass is 14.4. The van der Waals surface area contributed by atoms with Crippen molar-refractivity contribution in [2.24, 2.45) is 0 Å². The van der Waals surface area contributed by atoms with Gasteiger partial charge in [-0.3, -0.25) is 0 Å². The van der Waals surface area contributed by atoms with Gasteiger partial charge in [-0.2, -0.15) is 0 Å². The average Bonchev–Trinajstić information content (AvgIpc) is 3.81. The summed E-state index contributed by atoms with van der Waals surface area (Å²) in [6.45, 7) is 20.5. The van der Waals surface area contributed by atoms with Gasteiger partial charge in [-0.25, -0.2) is 0 Å². The summed E-state index contributed by atoms with van der Waals surface area (Å²) in [7, 11) is 0. The van der Waals surface area contributed by atoms with E-state index in [2.05, 4.69) is 237 Å². The maximum atomic E-state index is 4.22. The summed E-state index contributed by atoms with van der Waals surface area (Å²) in [5.41, 5.74) is 25.8. The van der Waals surface area contributed by atoms with Gasteiger partial charge in [0.2, 0.25) is 0 Å². The third kappa shape index (κ3) is 5.64. The largest absolute Gasteiger partial charge is 0.0987 e. The Labute approximate surface area is 390 Å². The standard InChI is InChI=1S/C66H54/c1-9-17-46-49-32-28-43(37-59(49)64(3,4)56(46)10-2)40-24-26-41(27-25-40)62-52-20-11-12-21-53(52)63(45-31-34-51-48-19-14-16-23-58(48)66(7,8)61(51)39-45)55-36-42(30-35-54(55)62)44-29-33-50-47-18-13-15-22-57(47)65(5,6)60(50)38-44/h9-39H,2H2,1,3-8H3/b17-9-. The van der Waals surface area contributed by atoms with Gasteiger partial charge in [-0.05, 0) is 164 Å². The van der Waals surface area contributed by atoms with Crippen LogP contribution < -0.4 is 0 Å². The molecule has 66 heavy (non-hydrogen) atoms. The van der Waals surface area contributed by atoms with Gasteiger partial charge in [0.05, 0.1) is 0 Å². The molecule has 3 aliphatic rings. The summed E-state index contributed by atoms with van der Waals surface area (Å²) in [5.74, 6) is 0. The fraction of sp³-hybridized carbons (Fsp3) is 0.152. The second-order valence-electron chi connectivity index (χ2n) is 20.4. The molecule has 0 atom stereocenters. The molecule has 0 unspecified atom stereocenters. The molecule has 0 nitrogen and oxygen atoms in total. The van der Waals surface area contributed by atoms with Gasteiger partial charge in [-0.1, -0.05) is 212 Å². The molecule has 0 saturated heterocycles. The van der Waals surface area contributed by atoms with Crippen LogP contribution in [0, 0.1) is 0 Å². The van der Waals surface area contributed by atoms with Crippen LogP contribution in [0.5, 0.6) is 0 Å². The van der Waals surface area contributed by atoms with E-state index in [1.165, 1.54) is 133 Å². The van der Waals surface area contributed by atoms with Gasteiger partial charge in [0.15, 0.2) is 0 Å². The molecule has 0 saturated carbocycles. The molecule has 0 bridgehead atoms. The van der Waals surface area contributed by atoms with E-state index in [0.29, 0.717) is 0 Å². The van der Waals surface area contributed by atoms with Crippen LogP contribution in [0.25, 0.3) is 93.9 Å². The first-order chi connectivity index (χ1) is 31.9. The van der Waals surface area contributed by atoms with Gasteiger partial charge >= 0.3 is 0 Å². The Morgan fingerprint density at radius 1 is 0.348 bits per heavy atom. The van der Waals surface area contributed by atoms with Crippen molar-refractivity contribution in [2.75, 3.05) is 0 Å². The highest BCUT2D eigenvalue weighted by Gasteiger charge is 2.38. The highest BCUT2D eigenvalue weighted by molar-refractivity contribution is 6.22. The lowest BCUT2D eigenvalue weighted by Gasteiger charge is -2.24. The van der Waals surface area contributed by atoms with Crippen LogP contribution in [0.15, 0.2) is 200 Å². The number of allylic oxidation sites excluding steroid dienone is 5. The number of fused-ring (bicyclic) bond motifs is 9. The molecule has 9 aromatic carbocycles. The highest BCUT2D eigenvalue weighted by Crippen LogP contribution is 2.54. The van der Waals surface area contributed by atoms with Crippen LogP contribution >= 0.6 is 0 Å². The van der Waals surface area contributed by atoms with E-state index >= 15 is 0 Å². The van der Waals surface area contributed by atoms with Crippen molar-refractivity contribution < 1.29 is 0 Å². The van der Waals surface area contributed by atoms with Crippen LogP contribution in [-0.4, -0.2) is 0 Å². The van der Waals surface area contributed by atoms with E-state index in [-0.39, 0.29) is 16.2 Å². The zero-order valence-corrected chi connectivity index (χ0v) is 39.1. The SMILES string of the molecule is C=CC1=C(/C=C\C)c2ccc(-c3ccc(-c4c5ccccc5c(-c5ccc6c(c5)C(C)(C)c5ccccc5-6)c5cc(-c6ccc7c(c6)C(C)(C)c6ccccc6-7)ccc45)cc3)cc2C1(C)C. The summed E-state index contributed by atoms with van der Waals surface area (Å²) < 4.78 is 0. The lowest BCUT2D eigenvalue weighted by molar-refractivity contribution is 0.655. The van der Waals surface area contributed by atoms with Crippen molar-refractivity contribution in [2.45, 2.75) is 64.7 Å². The number of benzene rings is 9. The summed E-state index contributed by atoms with van der Waals surface area (Å²) in [6.07, 6.45) is 6.41. The van der Waals surface area contributed by atoms with E-state index in [9.17, 15) is 0 Å². The molecule has 3 aliphatic carbocycles. The number of hydrogen-bond acceptors (Lipinski definition) is 0. The molecule has 0 aromatic heterocycles. The molecule has 0 N–H and O–H groups in total. The third-order valence-electron chi connectivity index (χ3n) is 15.8. The lowest BCUT2D eigenvalue weighted by atomic mass is 9.79. The van der Waals surface area contributed by atoms with Gasteiger partial charge in [-0.15, -0.1) is 0 Å². The van der Waals surface area contributed by atoms with Gasteiger partial charge < -0.3 is 0 Å². The Balaban J connectivity index is 1.05. The second kappa shape index (κ2) is 14.4. The molecule has 0 fully saturated rings. The van der Waals surface area contributed by atoms with Gasteiger partial charge in [0, 0.05) is 16.2 Å². The van der Waals surface area contributed by atoms with E-state index in [1.54, 1.807) is 0 Å². The van der Waals surface area contributed by atoms with E-state index < -0.39 is 0 Å². The van der Waals surface area contributed by atoms with E-state index in [4.69, 9.17) is 0 Å². The monoisotopic (exact) mass is 846 g/mol. The molecule has 0 heterocycles. The normalized spacial score (nSPS) is 15.8. The van der Waals surface area contributed by atoms with Crippen LogP contribution in [0.1, 0.15) is 81.8 Å². The van der Waals surface area contributed by atoms with Crippen molar-refractivity contribution in [3.8, 4) is 66.8 Å². The maximum Gasteiger partial charge on any atom is 0.0159 e. The fourth-order valence-corrected chi connectivity index (χ4v) is 12.4. The van der Waals surface area contributed by atoms with E-state index in [1.807, 2.05) is 6.08 Å². The lowest BCUT2D eigenvalue weighted by Crippen LogP contribution is -2.16. The summed E-state index contributed by atoms with van der Waals surface area (Å²) in [6, 6.07) is 65.0. The van der Waals surface area contributed by atoms with Crippen LogP contribution in [0.3, 0.4) is 0 Å². The molecule has 0 amide bonds. The van der Waals surface area contributed by atoms with Crippen LogP contribution in [-0.2, 0) is 16.2 Å². The van der Waals surface area contributed by atoms with Crippen LogP contribution in [0.4, 0.5) is 0 Å². The average molecular weight is 847 g/mol. The Morgan fingerprint density at radius 2 is 0.758 bits per heavy atom. The van der Waals surface area contributed by atoms with Gasteiger partial charge in [0.25, 0.3) is 0 Å². The molecule has 12 rings (SSSR count). The topological polar surface area (TPSA) is 0 Å². The van der Waals surface area contributed by atoms with Crippen molar-refractivity contribution in [3.63, 3.8) is 0 Å². The minimum atomic E-state index is -0.125. The van der Waals surface area contributed by atoms with Crippen molar-refractivity contribution in [3.05, 3.63) is 234 Å². The molecular formula is C66H54. The molecule has 0 spiro atoms. The summed E-state index contributed by atoms with van der Waals surface area (Å²) >= 11 is 0. The quantitative estimate of drug-likeness (QED) is 0.146. The second-order valence-corrected chi connectivity index (χ2v) is 20.4. The minimum Gasteiger partial charge on any atom is -0.0987 e. The molecule has 9 aromatic rings. The first-order valence-corrected chi connectivity index (χ1v) is 23.7. The van der Waals surface area contributed by atoms with Crippen molar-refractivity contribution >= 4 is 27.1 Å². The third-order valence-corrected chi connectivity index (χ3v) is 15.8. The number of hydrogen-bond donors (Lipinski definition) is 0. The Kier molecular flexibility index (Phi) is 8.76. The first kappa shape index (κ1) is 40.2. The molecule has 318 valence electrons. The van der Waals surface area contributed by atoms with Crippen molar-refractivity contribution in [1.29, 1.82) is 0 Å². The van der Waals surface area contributed by atoms with Gasteiger partial charge in [0.1, 0.15) is 0 Å². The van der Waals surface area contributed by atoms with E-state index in [0.717, 1.165) is 0 Å². The first-order valence-electron chi connectivity index (χ1n) is 23.7. The molecule has 0 radical (unpaired) electrons. The Morgan fingerprint density at radius 3 is 1.35 bits per heavy atom. The Hall–Kier alpha value is -7.28. The molecular weight excluding hydrogens is 793 g/mol.